The molecule has 2 aromatic rings. The zero-order valence-corrected chi connectivity index (χ0v) is 24.3. The molecule has 0 radical (unpaired) electrons. The van der Waals surface area contributed by atoms with Crippen molar-refractivity contribution in [2.45, 2.75) is 96.8 Å². The van der Waals surface area contributed by atoms with Gasteiger partial charge in [-0.1, -0.05) is 32.1 Å². The number of anilines is 2. The smallest absolute Gasteiger partial charge is 0.455 e. The first-order valence-corrected chi connectivity index (χ1v) is 14.9. The molecule has 0 amide bonds. The van der Waals surface area contributed by atoms with Gasteiger partial charge in [-0.15, -0.1) is 20.4 Å². The number of hydrogen-bond donors (Lipinski definition) is 1. The minimum atomic E-state index is -5.73. The van der Waals surface area contributed by atoms with Gasteiger partial charge in [0.05, 0.1) is 5.69 Å². The fraction of sp³-hybridized carbons (Fsp3) is 0.625. The topological polar surface area (TPSA) is 126 Å². The maximum absolute atomic E-state index is 13.3. The molecule has 0 bridgehead atoms. The van der Waals surface area contributed by atoms with Crippen LogP contribution in [0.5, 0.6) is 0 Å². The Morgan fingerprint density at radius 2 is 1.85 bits per heavy atom. The molecule has 0 fully saturated rings. The molecular weight excluding hydrogens is 557 g/mol. The third-order valence-electron chi connectivity index (χ3n) is 6.20. The van der Waals surface area contributed by atoms with Crippen LogP contribution in [0, 0.1) is 0 Å². The Morgan fingerprint density at radius 3 is 2.41 bits per heavy atom. The van der Waals surface area contributed by atoms with E-state index >= 15 is 0 Å². The second-order valence-corrected chi connectivity index (χ2v) is 12.7. The number of aryl methyl sites for hydroxylation is 1. The quantitative estimate of drug-likeness (QED) is 0.249. The van der Waals surface area contributed by atoms with Crippen LogP contribution in [-0.2, 0) is 21.2 Å². The van der Waals surface area contributed by atoms with E-state index in [0.29, 0.717) is 12.1 Å². The van der Waals surface area contributed by atoms with Gasteiger partial charge in [0.15, 0.2) is 0 Å². The van der Waals surface area contributed by atoms with Gasteiger partial charge in [-0.05, 0) is 70.6 Å². The highest BCUT2D eigenvalue weighted by atomic mass is 32.2. The lowest BCUT2D eigenvalue weighted by molar-refractivity contribution is -0.0429. The molecule has 39 heavy (non-hydrogen) atoms. The summed E-state index contributed by atoms with van der Waals surface area (Å²) in [7, 11) is -5.73. The molecule has 0 spiro atoms. The lowest BCUT2D eigenvalue weighted by Crippen LogP contribution is -2.45. The summed E-state index contributed by atoms with van der Waals surface area (Å²) in [5.74, 6) is -0.708. The number of fused-ring (bicyclic) bond motifs is 1. The number of halogens is 3. The Hall–Kier alpha value is -2.81. The lowest BCUT2D eigenvalue weighted by atomic mass is 9.90. The molecule has 1 aromatic carbocycles. The minimum Gasteiger partial charge on any atom is -0.455 e. The minimum absolute atomic E-state index is 0.0529. The Bertz CT molecular complexity index is 1320. The number of carbonyl (C=O) groups is 1. The summed E-state index contributed by atoms with van der Waals surface area (Å²) in [6, 6.07) is 3.24. The van der Waals surface area contributed by atoms with Crippen LogP contribution in [0.2, 0.25) is 0 Å². The van der Waals surface area contributed by atoms with Crippen molar-refractivity contribution in [1.29, 1.82) is 0 Å². The summed E-state index contributed by atoms with van der Waals surface area (Å²) < 4.78 is 70.9. The molecule has 0 aliphatic carbocycles. The maximum Gasteiger partial charge on any atom is 0.516 e. The van der Waals surface area contributed by atoms with Gasteiger partial charge in [0, 0.05) is 17.8 Å². The van der Waals surface area contributed by atoms with Crippen molar-refractivity contribution in [2.24, 2.45) is 10.2 Å². The predicted molar refractivity (Wildman–Crippen MR) is 144 cm³/mol. The Labute approximate surface area is 230 Å². The number of aromatic nitrogens is 2. The summed E-state index contributed by atoms with van der Waals surface area (Å²) in [5.41, 5.74) is -5.27. The zero-order chi connectivity index (χ0) is 29.2. The molecule has 2 heterocycles. The van der Waals surface area contributed by atoms with Gasteiger partial charge in [0.2, 0.25) is 5.01 Å². The normalized spacial score (nSPS) is 16.6. The Morgan fingerprint density at radius 1 is 1.18 bits per heavy atom. The average Bonchev–Trinajstić information content (AvgIpc) is 3.31. The molecule has 0 saturated heterocycles. The predicted octanol–water partition coefficient (Wildman–Crippen LogP) is 6.89. The van der Waals surface area contributed by atoms with E-state index in [4.69, 9.17) is 4.74 Å². The molecule has 1 aromatic heterocycles. The molecule has 1 unspecified atom stereocenters. The van der Waals surface area contributed by atoms with Gasteiger partial charge in [-0.2, -0.15) is 21.6 Å². The first-order valence-electron chi connectivity index (χ1n) is 12.6. The number of ether oxygens (including phenoxy) is 1. The summed E-state index contributed by atoms with van der Waals surface area (Å²) in [4.78, 5) is 14.4. The van der Waals surface area contributed by atoms with Gasteiger partial charge >= 0.3 is 21.5 Å². The molecule has 1 aliphatic rings. The number of sulfonamides is 1. The van der Waals surface area contributed by atoms with Crippen molar-refractivity contribution in [2.75, 3.05) is 9.62 Å². The molecular formula is C24H33F3N6O4S2. The largest absolute Gasteiger partial charge is 0.516 e. The fourth-order valence-electron chi connectivity index (χ4n) is 4.42. The number of rotatable bonds is 9. The van der Waals surface area contributed by atoms with E-state index in [0.717, 1.165) is 42.6 Å². The van der Waals surface area contributed by atoms with Crippen molar-refractivity contribution in [3.63, 3.8) is 0 Å². The molecule has 216 valence electrons. The van der Waals surface area contributed by atoms with Crippen LogP contribution in [0.15, 0.2) is 22.4 Å². The van der Waals surface area contributed by atoms with Gasteiger partial charge in [-0.25, -0.2) is 4.79 Å². The summed E-state index contributed by atoms with van der Waals surface area (Å²) in [5, 5.41) is 15.3. The lowest BCUT2D eigenvalue weighted by Gasteiger charge is -2.44. The summed E-state index contributed by atoms with van der Waals surface area (Å²) in [6.45, 7) is 11.2. The highest BCUT2D eigenvalue weighted by Crippen LogP contribution is 2.42. The van der Waals surface area contributed by atoms with Crippen molar-refractivity contribution in [1.82, 2.24) is 10.2 Å². The van der Waals surface area contributed by atoms with Crippen LogP contribution < -0.4 is 9.62 Å². The third kappa shape index (κ3) is 7.24. The van der Waals surface area contributed by atoms with Crippen LogP contribution >= 0.6 is 11.3 Å². The number of azo groups is 1. The second-order valence-electron chi connectivity index (χ2n) is 10.1. The van der Waals surface area contributed by atoms with Crippen LogP contribution in [0.25, 0.3) is 0 Å². The van der Waals surface area contributed by atoms with Gasteiger partial charge in [0.1, 0.15) is 11.3 Å². The van der Waals surface area contributed by atoms with E-state index in [-0.39, 0.29) is 33.6 Å². The van der Waals surface area contributed by atoms with Crippen LogP contribution in [0.3, 0.4) is 0 Å². The first-order chi connectivity index (χ1) is 18.1. The highest BCUT2D eigenvalue weighted by Gasteiger charge is 2.46. The van der Waals surface area contributed by atoms with E-state index in [1.165, 1.54) is 6.07 Å². The number of alkyl halides is 3. The SMILES string of the molecule is CCC(CC)N1c2cc(NS(=O)(=O)C(F)(F)F)c(N=Nc3nnc(C(=O)OC(C)(C)C)s3)cc2CCC1CC. The van der Waals surface area contributed by atoms with Crippen molar-refractivity contribution >= 4 is 49.5 Å². The Kier molecular flexibility index (Phi) is 9.25. The summed E-state index contributed by atoms with van der Waals surface area (Å²) in [6.07, 6.45) is 3.93. The number of carbonyl (C=O) groups excluding carboxylic acids is 1. The van der Waals surface area contributed by atoms with Gasteiger partial charge in [-0.3, -0.25) is 4.72 Å². The number of benzene rings is 1. The zero-order valence-electron chi connectivity index (χ0n) is 22.7. The number of esters is 1. The van der Waals surface area contributed by atoms with Gasteiger partial charge < -0.3 is 9.64 Å². The Balaban J connectivity index is 2.07. The van der Waals surface area contributed by atoms with E-state index in [9.17, 15) is 26.4 Å². The third-order valence-corrected chi connectivity index (χ3v) is 8.09. The van der Waals surface area contributed by atoms with E-state index < -0.39 is 27.1 Å². The van der Waals surface area contributed by atoms with Crippen LogP contribution in [0.1, 0.15) is 82.6 Å². The molecule has 1 N–H and O–H groups in total. The van der Waals surface area contributed by atoms with E-state index in [2.05, 4.69) is 32.2 Å². The van der Waals surface area contributed by atoms with Crippen molar-refractivity contribution in [3.8, 4) is 0 Å². The molecule has 1 atom stereocenters. The monoisotopic (exact) mass is 590 g/mol. The molecule has 1 aliphatic heterocycles. The fourth-order valence-corrected chi connectivity index (χ4v) is 5.53. The molecule has 10 nitrogen and oxygen atoms in total. The first kappa shape index (κ1) is 30.7. The second kappa shape index (κ2) is 11.7. The average molecular weight is 591 g/mol. The number of nitrogens with one attached hydrogen (secondary N) is 1. The maximum atomic E-state index is 13.3. The molecule has 3 rings (SSSR count). The standard InChI is InChI=1S/C24H33F3N6O4S2/c1-7-15(8-2)33-16(9-3)11-10-14-12-17(18(13-19(14)33)32-39(35,36)24(25,26)27)28-30-22-31-29-20(38-22)21(34)37-23(4,5)6/h12-13,15-16,32H,7-11H2,1-6H3. The number of hydrogen-bond acceptors (Lipinski definition) is 10. The highest BCUT2D eigenvalue weighted by molar-refractivity contribution is 7.93. The molecule has 15 heteroatoms. The number of nitrogens with zero attached hydrogens (tertiary/aromatic N) is 5. The van der Waals surface area contributed by atoms with E-state index in [1.807, 2.05) is 13.8 Å². The molecule has 0 saturated carbocycles. The van der Waals surface area contributed by atoms with Crippen LogP contribution in [0.4, 0.5) is 35.4 Å². The van der Waals surface area contributed by atoms with E-state index in [1.54, 1.807) is 31.6 Å². The van der Waals surface area contributed by atoms with Gasteiger partial charge in [0.25, 0.3) is 5.13 Å². The van der Waals surface area contributed by atoms with Crippen molar-refractivity contribution < 1.29 is 31.1 Å². The van der Waals surface area contributed by atoms with Crippen molar-refractivity contribution in [3.05, 3.63) is 22.7 Å². The van der Waals surface area contributed by atoms with Crippen LogP contribution in [-0.4, -0.2) is 47.8 Å². The summed E-state index contributed by atoms with van der Waals surface area (Å²) >= 11 is 0.782.